The summed E-state index contributed by atoms with van der Waals surface area (Å²) in [7, 11) is 1.74. The zero-order chi connectivity index (χ0) is 16.0. The average molecular weight is 311 g/mol. The van der Waals surface area contributed by atoms with Gasteiger partial charge in [0.25, 0.3) is 0 Å². The predicted octanol–water partition coefficient (Wildman–Crippen LogP) is 5.23. The molecule has 0 bridgehead atoms. The van der Waals surface area contributed by atoms with Crippen molar-refractivity contribution >= 4 is 0 Å². The number of hydrogen-bond acceptors (Lipinski definition) is 2. The van der Waals surface area contributed by atoms with E-state index in [1.807, 2.05) is 0 Å². The van der Waals surface area contributed by atoms with Crippen LogP contribution in [0.3, 0.4) is 0 Å². The van der Waals surface area contributed by atoms with Crippen LogP contribution in [0.1, 0.15) is 56.1 Å². The molecule has 0 radical (unpaired) electrons. The van der Waals surface area contributed by atoms with Crippen LogP contribution in [-0.4, -0.2) is 13.2 Å². The molecule has 0 aromatic heterocycles. The van der Waals surface area contributed by atoms with E-state index in [4.69, 9.17) is 10.3 Å². The van der Waals surface area contributed by atoms with Gasteiger partial charge < -0.3 is 4.74 Å². The summed E-state index contributed by atoms with van der Waals surface area (Å²) >= 11 is 0. The second-order valence-electron chi connectivity index (χ2n) is 7.82. The SMILES string of the molecule is COc1ccc2c(c1)CC[C@@H]1[C@@H]2CC[C@]2(C)[C@H](N=[N+]=[N-])CC[C@@H]12. The molecule has 3 aliphatic carbocycles. The van der Waals surface area contributed by atoms with Crippen LogP contribution < -0.4 is 4.74 Å². The van der Waals surface area contributed by atoms with E-state index in [0.717, 1.165) is 24.5 Å². The van der Waals surface area contributed by atoms with Crippen molar-refractivity contribution in [1.82, 2.24) is 0 Å². The van der Waals surface area contributed by atoms with E-state index in [2.05, 4.69) is 35.1 Å². The summed E-state index contributed by atoms with van der Waals surface area (Å²) in [5.74, 6) is 3.14. The molecule has 4 rings (SSSR count). The number of rotatable bonds is 2. The van der Waals surface area contributed by atoms with E-state index >= 15 is 0 Å². The Morgan fingerprint density at radius 2 is 2.13 bits per heavy atom. The number of azide groups is 1. The largest absolute Gasteiger partial charge is 0.497 e. The Hall–Kier alpha value is -1.67. The molecule has 4 nitrogen and oxygen atoms in total. The molecule has 0 heterocycles. The number of fused-ring (bicyclic) bond motifs is 5. The number of ether oxygens (including phenoxy) is 1. The number of nitrogens with zero attached hydrogens (tertiary/aromatic N) is 3. The molecule has 0 saturated heterocycles. The van der Waals surface area contributed by atoms with E-state index in [1.54, 1.807) is 12.7 Å². The van der Waals surface area contributed by atoms with Crippen molar-refractivity contribution in [2.24, 2.45) is 22.4 Å². The molecule has 4 heteroatoms. The first kappa shape index (κ1) is 14.9. The Bertz CT molecular complexity index is 667. The van der Waals surface area contributed by atoms with Gasteiger partial charge in [0.1, 0.15) is 5.75 Å². The highest BCUT2D eigenvalue weighted by atomic mass is 16.5. The molecule has 0 spiro atoms. The van der Waals surface area contributed by atoms with Gasteiger partial charge in [0.05, 0.1) is 7.11 Å². The van der Waals surface area contributed by atoms with Crippen molar-refractivity contribution in [2.45, 2.75) is 57.4 Å². The van der Waals surface area contributed by atoms with Crippen LogP contribution in [-0.2, 0) is 6.42 Å². The first-order valence-corrected chi connectivity index (χ1v) is 8.88. The third kappa shape index (κ3) is 2.15. The molecule has 0 amide bonds. The second-order valence-corrected chi connectivity index (χ2v) is 7.82. The monoisotopic (exact) mass is 311 g/mol. The number of hydrogen-bond donors (Lipinski definition) is 0. The van der Waals surface area contributed by atoms with Gasteiger partial charge in [0, 0.05) is 11.0 Å². The lowest BCUT2D eigenvalue weighted by atomic mass is 9.55. The Labute approximate surface area is 137 Å². The minimum Gasteiger partial charge on any atom is -0.497 e. The molecule has 2 fully saturated rings. The lowest BCUT2D eigenvalue weighted by Gasteiger charge is -2.50. The third-order valence-electron chi connectivity index (χ3n) is 7.07. The highest BCUT2D eigenvalue weighted by Crippen LogP contribution is 2.61. The number of aryl methyl sites for hydroxylation is 1. The number of methoxy groups -OCH3 is 1. The van der Waals surface area contributed by atoms with Crippen LogP contribution >= 0.6 is 0 Å². The van der Waals surface area contributed by atoms with Crippen molar-refractivity contribution < 1.29 is 4.74 Å². The van der Waals surface area contributed by atoms with Crippen LogP contribution in [0.15, 0.2) is 23.3 Å². The van der Waals surface area contributed by atoms with Crippen molar-refractivity contribution in [2.75, 3.05) is 7.11 Å². The maximum absolute atomic E-state index is 8.89. The van der Waals surface area contributed by atoms with Crippen LogP contribution in [0.5, 0.6) is 5.75 Å². The molecule has 0 N–H and O–H groups in total. The summed E-state index contributed by atoms with van der Waals surface area (Å²) in [6.07, 6.45) is 7.15. The summed E-state index contributed by atoms with van der Waals surface area (Å²) in [5.41, 5.74) is 12.1. The van der Waals surface area contributed by atoms with Crippen molar-refractivity contribution in [1.29, 1.82) is 0 Å². The molecule has 5 atom stereocenters. The first-order valence-electron chi connectivity index (χ1n) is 8.88. The van der Waals surface area contributed by atoms with Gasteiger partial charge in [-0.1, -0.05) is 18.1 Å². The highest BCUT2D eigenvalue weighted by molar-refractivity contribution is 5.40. The maximum atomic E-state index is 8.89. The maximum Gasteiger partial charge on any atom is 0.119 e. The smallest absolute Gasteiger partial charge is 0.119 e. The minimum absolute atomic E-state index is 0.204. The summed E-state index contributed by atoms with van der Waals surface area (Å²) in [6.45, 7) is 2.38. The molecule has 1 aromatic carbocycles. The highest BCUT2D eigenvalue weighted by Gasteiger charge is 2.54. The van der Waals surface area contributed by atoms with E-state index in [1.165, 1.54) is 31.2 Å². The lowest BCUT2D eigenvalue weighted by molar-refractivity contribution is 0.0497. The van der Waals surface area contributed by atoms with Crippen LogP contribution in [0.2, 0.25) is 0 Å². The molecular weight excluding hydrogens is 286 g/mol. The van der Waals surface area contributed by atoms with E-state index in [9.17, 15) is 0 Å². The predicted molar refractivity (Wildman–Crippen MR) is 90.5 cm³/mol. The fourth-order valence-electron chi connectivity index (χ4n) is 5.91. The Morgan fingerprint density at radius 1 is 1.26 bits per heavy atom. The molecule has 23 heavy (non-hydrogen) atoms. The topological polar surface area (TPSA) is 58.0 Å². The van der Waals surface area contributed by atoms with E-state index in [0.29, 0.717) is 11.8 Å². The normalized spacial score (nSPS) is 38.0. The van der Waals surface area contributed by atoms with Crippen LogP contribution in [0.4, 0.5) is 0 Å². The van der Waals surface area contributed by atoms with Crippen LogP contribution in [0.25, 0.3) is 10.4 Å². The fourth-order valence-corrected chi connectivity index (χ4v) is 5.91. The van der Waals surface area contributed by atoms with Crippen molar-refractivity contribution in [3.63, 3.8) is 0 Å². The molecular formula is C19H25N3O. The van der Waals surface area contributed by atoms with Crippen LogP contribution in [0, 0.1) is 17.3 Å². The summed E-state index contributed by atoms with van der Waals surface area (Å²) in [5, 5.41) is 4.15. The molecule has 1 aromatic rings. The van der Waals surface area contributed by atoms with Gasteiger partial charge in [-0.05, 0) is 90.5 Å². The zero-order valence-corrected chi connectivity index (χ0v) is 14.0. The summed E-state index contributed by atoms with van der Waals surface area (Å²) in [6, 6.07) is 6.85. The summed E-state index contributed by atoms with van der Waals surface area (Å²) < 4.78 is 5.40. The second kappa shape index (κ2) is 5.45. The van der Waals surface area contributed by atoms with Gasteiger partial charge in [0.15, 0.2) is 0 Å². The molecule has 0 unspecified atom stereocenters. The standard InChI is InChI=1S/C19H25N3O/c1-19-10-9-15-14-6-4-13(23-2)11-12(14)3-5-16(15)17(19)7-8-18(19)21-22-20/h4,6,11,15-18H,3,5,7-10H2,1-2H3/t15-,16-,17+,18-,19+/m1/s1. The Balaban J connectivity index is 1.66. The van der Waals surface area contributed by atoms with Crippen molar-refractivity contribution in [3.8, 4) is 5.75 Å². The van der Waals surface area contributed by atoms with Gasteiger partial charge in [0.2, 0.25) is 0 Å². The fraction of sp³-hybridized carbons (Fsp3) is 0.684. The molecule has 2 saturated carbocycles. The average Bonchev–Trinajstić information content (AvgIpc) is 2.91. The third-order valence-corrected chi connectivity index (χ3v) is 7.07. The first-order chi connectivity index (χ1) is 11.2. The van der Waals surface area contributed by atoms with Gasteiger partial charge in [-0.3, -0.25) is 0 Å². The van der Waals surface area contributed by atoms with Gasteiger partial charge in [-0.25, -0.2) is 0 Å². The molecule has 122 valence electrons. The van der Waals surface area contributed by atoms with E-state index in [-0.39, 0.29) is 11.5 Å². The lowest BCUT2D eigenvalue weighted by Crippen LogP contribution is -2.43. The Morgan fingerprint density at radius 3 is 2.91 bits per heavy atom. The van der Waals surface area contributed by atoms with Crippen molar-refractivity contribution in [3.05, 3.63) is 39.8 Å². The van der Waals surface area contributed by atoms with E-state index < -0.39 is 0 Å². The zero-order valence-electron chi connectivity index (χ0n) is 14.0. The molecule has 0 aliphatic heterocycles. The quantitative estimate of drug-likeness (QED) is 0.419. The minimum atomic E-state index is 0.204. The van der Waals surface area contributed by atoms with Gasteiger partial charge in [-0.2, -0.15) is 0 Å². The Kier molecular flexibility index (Phi) is 3.53. The number of benzene rings is 1. The van der Waals surface area contributed by atoms with Gasteiger partial charge in [-0.15, -0.1) is 0 Å². The molecule has 3 aliphatic rings. The van der Waals surface area contributed by atoms with Gasteiger partial charge >= 0.3 is 0 Å². The summed E-state index contributed by atoms with van der Waals surface area (Å²) in [4.78, 5) is 3.12.